The lowest BCUT2D eigenvalue weighted by Crippen LogP contribution is -2.23. The van der Waals surface area contributed by atoms with Gasteiger partial charge in [-0.1, -0.05) is 9.24 Å². The van der Waals surface area contributed by atoms with Crippen molar-refractivity contribution in [1.82, 2.24) is 24.7 Å². The smallest absolute Gasteiger partial charge is 0.316 e. The Morgan fingerprint density at radius 2 is 1.96 bits per heavy atom. The van der Waals surface area contributed by atoms with Gasteiger partial charge < -0.3 is 4.74 Å². The van der Waals surface area contributed by atoms with E-state index in [0.29, 0.717) is 16.8 Å². The van der Waals surface area contributed by atoms with E-state index in [1.165, 1.54) is 42.3 Å². The maximum absolute atomic E-state index is 13.4. The molecule has 0 radical (unpaired) electrons. The Labute approximate surface area is 162 Å². The Balaban J connectivity index is 1.74. The Kier molecular flexibility index (Phi) is 6.04. The summed E-state index contributed by atoms with van der Waals surface area (Å²) in [6, 6.07) is 4.32. The second-order valence-corrected chi connectivity index (χ2v) is 7.56. The molecule has 2 atom stereocenters. The average Bonchev–Trinajstić information content (AvgIpc) is 2.63. The van der Waals surface area contributed by atoms with Crippen LogP contribution in [0.15, 0.2) is 47.8 Å². The SMILES string of the molecule is CC(F)(P)CCOc1ncc(-c2ccc(=O)n(Cc3cncc(F)c3)n2)cn1. The summed E-state index contributed by atoms with van der Waals surface area (Å²) in [5.41, 5.74) is 1.22. The zero-order chi connectivity index (χ0) is 20.1. The minimum absolute atomic E-state index is 0.0799. The molecule has 0 fully saturated rings. The third kappa shape index (κ3) is 5.60. The van der Waals surface area contributed by atoms with Crippen LogP contribution in [0.5, 0.6) is 6.01 Å². The molecular formula is C18H18F2N5O2P. The number of aromatic nitrogens is 5. The second-order valence-electron chi connectivity index (χ2n) is 6.36. The quantitative estimate of drug-likeness (QED) is 0.562. The highest BCUT2D eigenvalue weighted by molar-refractivity contribution is 7.18. The first-order valence-electron chi connectivity index (χ1n) is 8.41. The number of ether oxygens (including phenoxy) is 1. The van der Waals surface area contributed by atoms with E-state index in [-0.39, 0.29) is 31.1 Å². The van der Waals surface area contributed by atoms with Crippen molar-refractivity contribution < 1.29 is 13.5 Å². The van der Waals surface area contributed by atoms with Crippen LogP contribution >= 0.6 is 9.24 Å². The monoisotopic (exact) mass is 405 g/mol. The van der Waals surface area contributed by atoms with E-state index in [1.54, 1.807) is 6.07 Å². The molecule has 0 saturated carbocycles. The molecule has 146 valence electrons. The van der Waals surface area contributed by atoms with Crippen molar-refractivity contribution in [3.05, 3.63) is 64.7 Å². The van der Waals surface area contributed by atoms with Crippen LogP contribution in [0.25, 0.3) is 11.3 Å². The Morgan fingerprint density at radius 1 is 1.21 bits per heavy atom. The first-order chi connectivity index (χ1) is 13.3. The van der Waals surface area contributed by atoms with Crippen LogP contribution in [-0.4, -0.2) is 36.7 Å². The molecule has 28 heavy (non-hydrogen) atoms. The summed E-state index contributed by atoms with van der Waals surface area (Å²) in [4.78, 5) is 24.0. The molecule has 0 amide bonds. The van der Waals surface area contributed by atoms with Crippen LogP contribution in [0, 0.1) is 5.82 Å². The molecule has 0 spiro atoms. The number of hydrogen-bond acceptors (Lipinski definition) is 6. The van der Waals surface area contributed by atoms with Crippen molar-refractivity contribution in [1.29, 1.82) is 0 Å². The molecule has 0 aliphatic heterocycles. The first-order valence-corrected chi connectivity index (χ1v) is 8.98. The molecule has 0 saturated heterocycles. The van der Waals surface area contributed by atoms with Gasteiger partial charge in [0, 0.05) is 36.6 Å². The summed E-state index contributed by atoms with van der Waals surface area (Å²) in [6.07, 6.45) is 5.74. The van der Waals surface area contributed by atoms with E-state index in [4.69, 9.17) is 4.74 Å². The number of halogens is 2. The molecule has 0 aliphatic carbocycles. The highest BCUT2D eigenvalue weighted by atomic mass is 31.0. The Hall–Kier alpha value is -2.80. The van der Waals surface area contributed by atoms with E-state index >= 15 is 0 Å². The molecule has 2 unspecified atom stereocenters. The van der Waals surface area contributed by atoms with Gasteiger partial charge in [-0.3, -0.25) is 9.78 Å². The predicted octanol–water partition coefficient (Wildman–Crippen LogP) is 2.61. The molecule has 0 aliphatic rings. The van der Waals surface area contributed by atoms with Gasteiger partial charge >= 0.3 is 6.01 Å². The van der Waals surface area contributed by atoms with Crippen molar-refractivity contribution in [3.8, 4) is 17.3 Å². The number of pyridine rings is 1. The number of rotatable bonds is 7. The van der Waals surface area contributed by atoms with E-state index in [9.17, 15) is 13.6 Å². The molecule has 3 aromatic rings. The molecule has 10 heteroatoms. The zero-order valence-corrected chi connectivity index (χ0v) is 16.2. The van der Waals surface area contributed by atoms with Gasteiger partial charge in [0.15, 0.2) is 0 Å². The minimum atomic E-state index is -1.41. The lowest BCUT2D eigenvalue weighted by atomic mass is 10.2. The minimum Gasteiger partial charge on any atom is -0.463 e. The molecular weight excluding hydrogens is 387 g/mol. The van der Waals surface area contributed by atoms with Gasteiger partial charge in [-0.15, -0.1) is 0 Å². The molecule has 3 heterocycles. The Morgan fingerprint density at radius 3 is 2.64 bits per heavy atom. The van der Waals surface area contributed by atoms with Crippen molar-refractivity contribution in [3.63, 3.8) is 0 Å². The predicted molar refractivity (Wildman–Crippen MR) is 102 cm³/mol. The van der Waals surface area contributed by atoms with Crippen molar-refractivity contribution in [2.45, 2.75) is 25.3 Å². The van der Waals surface area contributed by atoms with Crippen LogP contribution < -0.4 is 10.3 Å². The van der Waals surface area contributed by atoms with Gasteiger partial charge in [0.25, 0.3) is 5.56 Å². The van der Waals surface area contributed by atoms with E-state index in [0.717, 1.165) is 6.20 Å². The van der Waals surface area contributed by atoms with E-state index < -0.39 is 11.2 Å². The Bertz CT molecular complexity index is 1010. The summed E-state index contributed by atoms with van der Waals surface area (Å²) < 4.78 is 33.2. The normalized spacial score (nSPS) is 13.1. The van der Waals surface area contributed by atoms with E-state index in [2.05, 4.69) is 29.3 Å². The lowest BCUT2D eigenvalue weighted by Gasteiger charge is -2.13. The molecule has 0 N–H and O–H groups in total. The highest BCUT2D eigenvalue weighted by Crippen LogP contribution is 2.23. The highest BCUT2D eigenvalue weighted by Gasteiger charge is 2.15. The molecule has 0 aromatic carbocycles. The number of alkyl halides is 1. The van der Waals surface area contributed by atoms with Crippen molar-refractivity contribution in [2.75, 3.05) is 6.61 Å². The first kappa shape index (κ1) is 19.9. The van der Waals surface area contributed by atoms with Crippen molar-refractivity contribution >= 4 is 9.24 Å². The molecule has 3 rings (SSSR count). The summed E-state index contributed by atoms with van der Waals surface area (Å²) in [6.45, 7) is 1.66. The van der Waals surface area contributed by atoms with Gasteiger partial charge in [0.2, 0.25) is 0 Å². The van der Waals surface area contributed by atoms with Crippen LogP contribution in [0.4, 0.5) is 8.78 Å². The van der Waals surface area contributed by atoms with Crippen molar-refractivity contribution in [2.24, 2.45) is 0 Å². The molecule has 0 bridgehead atoms. The maximum atomic E-state index is 13.4. The second kappa shape index (κ2) is 8.48. The van der Waals surface area contributed by atoms with Gasteiger partial charge in [0.1, 0.15) is 11.2 Å². The average molecular weight is 405 g/mol. The van der Waals surface area contributed by atoms with Gasteiger partial charge in [-0.05, 0) is 24.6 Å². The van der Waals surface area contributed by atoms with Gasteiger partial charge in [-0.25, -0.2) is 23.4 Å². The summed E-state index contributed by atoms with van der Waals surface area (Å²) in [7, 11) is 2.10. The van der Waals surface area contributed by atoms with Gasteiger partial charge in [0.05, 0.1) is 25.0 Å². The summed E-state index contributed by atoms with van der Waals surface area (Å²) >= 11 is 0. The maximum Gasteiger partial charge on any atom is 0.316 e. The molecule has 3 aromatic heterocycles. The largest absolute Gasteiger partial charge is 0.463 e. The lowest BCUT2D eigenvalue weighted by molar-refractivity contribution is 0.213. The fourth-order valence-corrected chi connectivity index (χ4v) is 2.41. The van der Waals surface area contributed by atoms with Crippen LogP contribution in [0.3, 0.4) is 0 Å². The fourth-order valence-electron chi connectivity index (χ4n) is 2.30. The fraction of sp³-hybridized carbons (Fsp3) is 0.278. The zero-order valence-electron chi connectivity index (χ0n) is 15.0. The summed E-state index contributed by atoms with van der Waals surface area (Å²) in [5.74, 6) is -0.486. The summed E-state index contributed by atoms with van der Waals surface area (Å²) in [5, 5.41) is 2.86. The third-order valence-corrected chi connectivity index (χ3v) is 4.00. The topological polar surface area (TPSA) is 82.8 Å². The van der Waals surface area contributed by atoms with Crippen LogP contribution in [-0.2, 0) is 6.54 Å². The third-order valence-electron chi connectivity index (χ3n) is 3.71. The standard InChI is InChI=1S/C18H18F2N5O2P/c1-18(20,28)4-5-27-17-22-8-13(9-23-17)15-2-3-16(26)25(24-15)11-12-6-14(19)10-21-7-12/h2-3,6-10H,4-5,11,28H2,1H3. The number of hydrogen-bond donors (Lipinski definition) is 0. The van der Waals surface area contributed by atoms with E-state index in [1.807, 2.05) is 0 Å². The molecule has 7 nitrogen and oxygen atoms in total. The number of nitrogens with zero attached hydrogens (tertiary/aromatic N) is 5. The van der Waals surface area contributed by atoms with Gasteiger partial charge in [-0.2, -0.15) is 5.10 Å². The van der Waals surface area contributed by atoms with Crippen LogP contribution in [0.2, 0.25) is 0 Å². The van der Waals surface area contributed by atoms with Crippen LogP contribution in [0.1, 0.15) is 18.9 Å².